The van der Waals surface area contributed by atoms with Crippen molar-refractivity contribution in [1.29, 1.82) is 0 Å². The lowest BCUT2D eigenvalue weighted by Crippen LogP contribution is -2.55. The molecule has 0 unspecified atom stereocenters. The summed E-state index contributed by atoms with van der Waals surface area (Å²) in [6, 6.07) is 10.9. The highest BCUT2D eigenvalue weighted by atomic mass is 16.3. The molecule has 4 aliphatic carbocycles. The Morgan fingerprint density at radius 1 is 1.06 bits per heavy atom. The van der Waals surface area contributed by atoms with Gasteiger partial charge in [-0.05, 0) is 91.5 Å². The molecule has 7 atom stereocenters. The summed E-state index contributed by atoms with van der Waals surface area (Å²) in [6.45, 7) is 4.07. The fourth-order valence-electron chi connectivity index (χ4n) is 7.85. The van der Waals surface area contributed by atoms with Gasteiger partial charge in [-0.3, -0.25) is 4.79 Å². The molecule has 1 N–H and O–H groups in total. The molecule has 4 aliphatic rings. The van der Waals surface area contributed by atoms with E-state index in [2.05, 4.69) is 49.1 Å². The average molecular weight is 453 g/mol. The number of furan rings is 1. The molecule has 1 aromatic heterocycles. The van der Waals surface area contributed by atoms with Crippen molar-refractivity contribution in [1.82, 2.24) is 0 Å². The number of allylic oxidation sites excluding steroid dienone is 3. The van der Waals surface area contributed by atoms with Gasteiger partial charge in [-0.15, -0.1) is 5.92 Å². The number of benzene rings is 1. The number of ketones is 1. The highest BCUT2D eigenvalue weighted by molar-refractivity contribution is 5.91. The van der Waals surface area contributed by atoms with Gasteiger partial charge in [0.05, 0.1) is 12.5 Å². The fourth-order valence-corrected chi connectivity index (χ4v) is 7.85. The first-order chi connectivity index (χ1) is 16.4. The highest BCUT2D eigenvalue weighted by Crippen LogP contribution is 2.66. The number of carbonyl (C=O) groups is 1. The van der Waals surface area contributed by atoms with E-state index >= 15 is 0 Å². The minimum absolute atomic E-state index is 0.291. The number of rotatable bonds is 2. The molecular weight excluding hydrogens is 420 g/mol. The molecule has 6 rings (SSSR count). The van der Waals surface area contributed by atoms with Crippen LogP contribution in [0.2, 0.25) is 0 Å². The summed E-state index contributed by atoms with van der Waals surface area (Å²) in [5.41, 5.74) is 3.52. The molecular formula is C31H32O3. The lowest BCUT2D eigenvalue weighted by molar-refractivity contribution is -0.116. The molecule has 2 aromatic rings. The predicted octanol–water partition coefficient (Wildman–Crippen LogP) is 6.31. The highest BCUT2D eigenvalue weighted by Gasteiger charge is 2.62. The molecule has 3 nitrogen and oxygen atoms in total. The Bertz CT molecular complexity index is 1220. The van der Waals surface area contributed by atoms with Gasteiger partial charge in [0.25, 0.3) is 0 Å². The van der Waals surface area contributed by atoms with E-state index in [4.69, 9.17) is 4.42 Å². The van der Waals surface area contributed by atoms with Crippen molar-refractivity contribution in [2.24, 2.45) is 29.1 Å². The summed E-state index contributed by atoms with van der Waals surface area (Å²) in [5.74, 6) is 8.51. The average Bonchev–Trinajstić information content (AvgIpc) is 3.46. The van der Waals surface area contributed by atoms with Crippen LogP contribution in [0.5, 0.6) is 0 Å². The van der Waals surface area contributed by atoms with E-state index in [1.807, 2.05) is 25.1 Å². The second-order valence-corrected chi connectivity index (χ2v) is 11.0. The summed E-state index contributed by atoms with van der Waals surface area (Å²) < 4.78 is 5.28. The maximum Gasteiger partial charge on any atom is 0.155 e. The number of carbonyl (C=O) groups excluding carboxylic acids is 1. The first kappa shape index (κ1) is 21.7. The van der Waals surface area contributed by atoms with Gasteiger partial charge in [0, 0.05) is 17.4 Å². The zero-order chi connectivity index (χ0) is 23.5. The summed E-state index contributed by atoms with van der Waals surface area (Å²) in [7, 11) is 0. The zero-order valence-electron chi connectivity index (χ0n) is 20.0. The molecule has 0 aliphatic heterocycles. The van der Waals surface area contributed by atoms with E-state index in [1.54, 1.807) is 12.5 Å². The topological polar surface area (TPSA) is 50.4 Å². The van der Waals surface area contributed by atoms with Crippen LogP contribution in [0.4, 0.5) is 0 Å². The third-order valence-electron chi connectivity index (χ3n) is 9.48. The first-order valence-electron chi connectivity index (χ1n) is 12.6. The van der Waals surface area contributed by atoms with Gasteiger partial charge in [0.1, 0.15) is 5.60 Å². The van der Waals surface area contributed by atoms with E-state index < -0.39 is 5.60 Å². The molecule has 3 heteroatoms. The maximum atomic E-state index is 12.2. The maximum absolute atomic E-state index is 12.2. The molecule has 2 saturated carbocycles. The van der Waals surface area contributed by atoms with E-state index in [1.165, 1.54) is 11.1 Å². The molecule has 2 fully saturated rings. The second kappa shape index (κ2) is 7.85. The van der Waals surface area contributed by atoms with Crippen molar-refractivity contribution >= 4 is 5.78 Å². The lowest BCUT2D eigenvalue weighted by Gasteiger charge is -2.58. The monoisotopic (exact) mass is 452 g/mol. The molecule has 1 heterocycles. The van der Waals surface area contributed by atoms with Crippen molar-refractivity contribution in [3.63, 3.8) is 0 Å². The van der Waals surface area contributed by atoms with E-state index in [-0.39, 0.29) is 5.41 Å². The Morgan fingerprint density at radius 2 is 1.88 bits per heavy atom. The normalized spacial score (nSPS) is 38.3. The third kappa shape index (κ3) is 3.12. The van der Waals surface area contributed by atoms with Gasteiger partial charge >= 0.3 is 0 Å². The van der Waals surface area contributed by atoms with Crippen LogP contribution in [-0.4, -0.2) is 16.5 Å². The van der Waals surface area contributed by atoms with Crippen LogP contribution in [0, 0.1) is 40.9 Å². The van der Waals surface area contributed by atoms with Gasteiger partial charge in [-0.25, -0.2) is 0 Å². The summed E-state index contributed by atoms with van der Waals surface area (Å²) >= 11 is 0. The molecule has 0 saturated heterocycles. The quantitative estimate of drug-likeness (QED) is 0.429. The Balaban J connectivity index is 1.44. The van der Waals surface area contributed by atoms with Crippen LogP contribution >= 0.6 is 0 Å². The van der Waals surface area contributed by atoms with Crippen LogP contribution in [0.3, 0.4) is 0 Å². The van der Waals surface area contributed by atoms with Gasteiger partial charge in [0.2, 0.25) is 0 Å². The smallest absolute Gasteiger partial charge is 0.155 e. The molecule has 34 heavy (non-hydrogen) atoms. The van der Waals surface area contributed by atoms with Crippen molar-refractivity contribution in [2.75, 3.05) is 0 Å². The molecule has 0 spiro atoms. The molecule has 174 valence electrons. The lowest BCUT2D eigenvalue weighted by atomic mass is 9.46. The fraction of sp³-hybridized carbons (Fsp3) is 0.452. The summed E-state index contributed by atoms with van der Waals surface area (Å²) in [6.07, 6.45) is 14.3. The SMILES string of the molecule is CC#C[C@]1(O)C=C[C@H]2[C@@H]3CCC4=CC(=O)CC[C@@H]4[C@H]3[C@@H](c3ccc(-c4ccoc4)cc3)C[C@@]21C. The van der Waals surface area contributed by atoms with Crippen molar-refractivity contribution in [3.05, 3.63) is 72.2 Å². The Morgan fingerprint density at radius 3 is 2.62 bits per heavy atom. The molecule has 0 amide bonds. The number of aliphatic hydroxyl groups is 1. The van der Waals surface area contributed by atoms with Crippen molar-refractivity contribution in [3.8, 4) is 23.0 Å². The summed E-state index contributed by atoms with van der Waals surface area (Å²) in [5, 5.41) is 11.7. The predicted molar refractivity (Wildman–Crippen MR) is 133 cm³/mol. The van der Waals surface area contributed by atoms with Crippen LogP contribution in [0.1, 0.15) is 57.4 Å². The largest absolute Gasteiger partial charge is 0.472 e. The third-order valence-corrected chi connectivity index (χ3v) is 9.48. The Labute approximate surface area is 201 Å². The minimum atomic E-state index is -1.09. The zero-order valence-corrected chi connectivity index (χ0v) is 20.0. The van der Waals surface area contributed by atoms with Crippen LogP contribution in [0.25, 0.3) is 11.1 Å². The first-order valence-corrected chi connectivity index (χ1v) is 12.6. The number of fused-ring (bicyclic) bond motifs is 5. The molecule has 0 bridgehead atoms. The van der Waals surface area contributed by atoms with Crippen molar-refractivity contribution in [2.45, 2.75) is 57.5 Å². The second-order valence-electron chi connectivity index (χ2n) is 11.0. The van der Waals surface area contributed by atoms with Gasteiger partial charge < -0.3 is 9.52 Å². The standard InChI is InChI=1S/C31H32O3/c1-3-14-31(33)15-12-28-26-10-8-22-17-24(32)9-11-25(22)29(26)27(18-30(28,31)2)21-6-4-20(5-7-21)23-13-16-34-19-23/h4-7,12-13,15-17,19,25-29,33H,8-11,18H2,1-2H3/t25-,26-,27+,28-,29+,30-,31-/m0/s1. The molecule has 0 radical (unpaired) electrons. The Kier molecular flexibility index (Phi) is 5.01. The van der Waals surface area contributed by atoms with Gasteiger partial charge in [0.15, 0.2) is 5.78 Å². The van der Waals surface area contributed by atoms with Gasteiger partial charge in [-0.1, -0.05) is 48.8 Å². The molecule has 1 aromatic carbocycles. The minimum Gasteiger partial charge on any atom is -0.472 e. The van der Waals surface area contributed by atoms with E-state index in [0.717, 1.165) is 36.8 Å². The summed E-state index contributed by atoms with van der Waals surface area (Å²) in [4.78, 5) is 12.2. The van der Waals surface area contributed by atoms with Crippen LogP contribution in [-0.2, 0) is 4.79 Å². The Hall–Kier alpha value is -2.83. The number of hydrogen-bond acceptors (Lipinski definition) is 3. The van der Waals surface area contributed by atoms with Gasteiger partial charge in [-0.2, -0.15) is 0 Å². The van der Waals surface area contributed by atoms with Crippen molar-refractivity contribution < 1.29 is 14.3 Å². The van der Waals surface area contributed by atoms with Crippen LogP contribution in [0.15, 0.2) is 71.1 Å². The van der Waals surface area contributed by atoms with E-state index in [0.29, 0.717) is 41.8 Å². The van der Waals surface area contributed by atoms with Crippen LogP contribution < -0.4 is 0 Å². The number of hydrogen-bond donors (Lipinski definition) is 1. The van der Waals surface area contributed by atoms with E-state index in [9.17, 15) is 9.90 Å².